The second kappa shape index (κ2) is 5.37. The SMILES string of the molecule is COc1ccc(CC(Cl)c2ccsc2)cc1. The molecule has 0 fully saturated rings. The lowest BCUT2D eigenvalue weighted by Crippen LogP contribution is -1.94. The highest BCUT2D eigenvalue weighted by Crippen LogP contribution is 2.27. The van der Waals surface area contributed by atoms with Gasteiger partial charge in [0, 0.05) is 0 Å². The molecule has 1 nitrogen and oxygen atoms in total. The van der Waals surface area contributed by atoms with Crippen LogP contribution in [0.5, 0.6) is 5.75 Å². The van der Waals surface area contributed by atoms with Gasteiger partial charge in [-0.3, -0.25) is 0 Å². The molecule has 1 unspecified atom stereocenters. The lowest BCUT2D eigenvalue weighted by atomic mass is 10.1. The molecule has 0 aliphatic carbocycles. The van der Waals surface area contributed by atoms with Gasteiger partial charge in [-0.2, -0.15) is 11.3 Å². The lowest BCUT2D eigenvalue weighted by molar-refractivity contribution is 0.414. The Morgan fingerprint density at radius 1 is 1.25 bits per heavy atom. The summed E-state index contributed by atoms with van der Waals surface area (Å²) in [6.45, 7) is 0. The van der Waals surface area contributed by atoms with Crippen molar-refractivity contribution in [1.29, 1.82) is 0 Å². The van der Waals surface area contributed by atoms with Gasteiger partial charge in [0.2, 0.25) is 0 Å². The molecule has 0 N–H and O–H groups in total. The summed E-state index contributed by atoms with van der Waals surface area (Å²) in [5, 5.41) is 4.21. The third-order valence-corrected chi connectivity index (χ3v) is 3.59. The highest BCUT2D eigenvalue weighted by Gasteiger charge is 2.09. The normalized spacial score (nSPS) is 12.4. The molecule has 0 spiro atoms. The molecular weight excluding hydrogens is 240 g/mol. The highest BCUT2D eigenvalue weighted by molar-refractivity contribution is 7.08. The number of methoxy groups -OCH3 is 1. The Kier molecular flexibility index (Phi) is 3.86. The van der Waals surface area contributed by atoms with Crippen molar-refractivity contribution in [3.63, 3.8) is 0 Å². The van der Waals surface area contributed by atoms with E-state index in [4.69, 9.17) is 16.3 Å². The van der Waals surface area contributed by atoms with Crippen molar-refractivity contribution >= 4 is 22.9 Å². The van der Waals surface area contributed by atoms with E-state index in [-0.39, 0.29) is 5.38 Å². The predicted octanol–water partition coefficient (Wildman–Crippen LogP) is 4.28. The monoisotopic (exact) mass is 252 g/mol. The molecule has 84 valence electrons. The van der Waals surface area contributed by atoms with Crippen molar-refractivity contribution in [3.05, 3.63) is 52.2 Å². The van der Waals surface area contributed by atoms with Crippen LogP contribution in [0.15, 0.2) is 41.1 Å². The van der Waals surface area contributed by atoms with Crippen LogP contribution in [0.1, 0.15) is 16.5 Å². The van der Waals surface area contributed by atoms with Gasteiger partial charge in [0.25, 0.3) is 0 Å². The molecule has 0 aliphatic heterocycles. The maximum atomic E-state index is 6.33. The third kappa shape index (κ3) is 2.77. The Hall–Kier alpha value is -0.990. The Bertz CT molecular complexity index is 422. The summed E-state index contributed by atoms with van der Waals surface area (Å²) in [4.78, 5) is 0. The fourth-order valence-electron chi connectivity index (χ4n) is 1.54. The molecule has 0 amide bonds. The van der Waals surface area contributed by atoms with Gasteiger partial charge >= 0.3 is 0 Å². The number of hydrogen-bond donors (Lipinski definition) is 0. The van der Waals surface area contributed by atoms with Crippen LogP contribution in [-0.4, -0.2) is 7.11 Å². The average Bonchev–Trinajstić information content (AvgIpc) is 2.83. The van der Waals surface area contributed by atoms with E-state index in [0.29, 0.717) is 0 Å². The van der Waals surface area contributed by atoms with E-state index in [2.05, 4.69) is 29.0 Å². The molecule has 0 saturated heterocycles. The zero-order valence-corrected chi connectivity index (χ0v) is 10.6. The number of alkyl halides is 1. The summed E-state index contributed by atoms with van der Waals surface area (Å²) >= 11 is 8.01. The fraction of sp³-hybridized carbons (Fsp3) is 0.231. The van der Waals surface area contributed by atoms with Crippen molar-refractivity contribution in [2.24, 2.45) is 0 Å². The van der Waals surface area contributed by atoms with Crippen LogP contribution < -0.4 is 4.74 Å². The molecule has 1 heterocycles. The molecule has 1 aromatic carbocycles. The first-order valence-corrected chi connectivity index (χ1v) is 6.46. The van der Waals surface area contributed by atoms with Crippen LogP contribution in [0.25, 0.3) is 0 Å². The van der Waals surface area contributed by atoms with Gasteiger partial charge in [0.05, 0.1) is 12.5 Å². The maximum absolute atomic E-state index is 6.33. The van der Waals surface area contributed by atoms with Crippen LogP contribution in [0, 0.1) is 0 Å². The van der Waals surface area contributed by atoms with Crippen molar-refractivity contribution in [2.45, 2.75) is 11.8 Å². The van der Waals surface area contributed by atoms with Gasteiger partial charge in [-0.25, -0.2) is 0 Å². The Labute approximate surface area is 105 Å². The minimum Gasteiger partial charge on any atom is -0.497 e. The zero-order valence-electron chi connectivity index (χ0n) is 9.02. The second-order valence-corrected chi connectivity index (χ2v) is 4.88. The van der Waals surface area contributed by atoms with Gasteiger partial charge in [0.1, 0.15) is 5.75 Å². The molecule has 3 heteroatoms. The number of benzene rings is 1. The highest BCUT2D eigenvalue weighted by atomic mass is 35.5. The summed E-state index contributed by atoms with van der Waals surface area (Å²) < 4.78 is 5.12. The van der Waals surface area contributed by atoms with E-state index >= 15 is 0 Å². The number of halogens is 1. The first-order valence-electron chi connectivity index (χ1n) is 5.08. The molecule has 1 atom stereocenters. The molecule has 2 rings (SSSR count). The zero-order chi connectivity index (χ0) is 11.4. The molecule has 0 radical (unpaired) electrons. The second-order valence-electron chi connectivity index (χ2n) is 3.58. The lowest BCUT2D eigenvalue weighted by Gasteiger charge is -2.08. The molecule has 1 aromatic heterocycles. The smallest absolute Gasteiger partial charge is 0.118 e. The summed E-state index contributed by atoms with van der Waals surface area (Å²) in [5.74, 6) is 0.880. The number of thiophene rings is 1. The summed E-state index contributed by atoms with van der Waals surface area (Å²) in [5.41, 5.74) is 2.43. The van der Waals surface area contributed by atoms with E-state index < -0.39 is 0 Å². The molecular formula is C13H13ClOS. The first kappa shape index (κ1) is 11.5. The quantitative estimate of drug-likeness (QED) is 0.738. The molecule has 0 aliphatic rings. The van der Waals surface area contributed by atoms with E-state index in [1.54, 1.807) is 18.4 Å². The van der Waals surface area contributed by atoms with Crippen LogP contribution in [0.3, 0.4) is 0 Å². The van der Waals surface area contributed by atoms with Crippen LogP contribution in [0.2, 0.25) is 0 Å². The van der Waals surface area contributed by atoms with Gasteiger partial charge in [-0.05, 0) is 46.5 Å². The standard InChI is InChI=1S/C13H13ClOS/c1-15-12-4-2-10(3-5-12)8-13(14)11-6-7-16-9-11/h2-7,9,13H,8H2,1H3. The van der Waals surface area contributed by atoms with Gasteiger partial charge in [-0.1, -0.05) is 12.1 Å². The van der Waals surface area contributed by atoms with Crippen molar-refractivity contribution < 1.29 is 4.74 Å². The third-order valence-electron chi connectivity index (χ3n) is 2.48. The van der Waals surface area contributed by atoms with Crippen molar-refractivity contribution in [2.75, 3.05) is 7.11 Å². The average molecular weight is 253 g/mol. The number of ether oxygens (including phenoxy) is 1. The largest absolute Gasteiger partial charge is 0.497 e. The van der Waals surface area contributed by atoms with Gasteiger partial charge in [0.15, 0.2) is 0 Å². The Balaban J connectivity index is 2.03. The Morgan fingerprint density at radius 2 is 2.00 bits per heavy atom. The molecule has 0 bridgehead atoms. The minimum absolute atomic E-state index is 0.0552. The maximum Gasteiger partial charge on any atom is 0.118 e. The van der Waals surface area contributed by atoms with Crippen LogP contribution >= 0.6 is 22.9 Å². The van der Waals surface area contributed by atoms with Crippen molar-refractivity contribution in [1.82, 2.24) is 0 Å². The summed E-state index contributed by atoms with van der Waals surface area (Å²) in [6.07, 6.45) is 0.849. The predicted molar refractivity (Wildman–Crippen MR) is 69.6 cm³/mol. The topological polar surface area (TPSA) is 9.23 Å². The minimum atomic E-state index is 0.0552. The van der Waals surface area contributed by atoms with E-state index in [1.165, 1.54) is 11.1 Å². The van der Waals surface area contributed by atoms with Crippen LogP contribution in [-0.2, 0) is 6.42 Å². The summed E-state index contributed by atoms with van der Waals surface area (Å²) in [7, 11) is 1.67. The number of rotatable bonds is 4. The Morgan fingerprint density at radius 3 is 2.56 bits per heavy atom. The van der Waals surface area contributed by atoms with Crippen molar-refractivity contribution in [3.8, 4) is 5.75 Å². The first-order chi connectivity index (χ1) is 7.79. The number of hydrogen-bond acceptors (Lipinski definition) is 2. The van der Waals surface area contributed by atoms with E-state index in [9.17, 15) is 0 Å². The van der Waals surface area contributed by atoms with Gasteiger partial charge < -0.3 is 4.74 Å². The summed E-state index contributed by atoms with van der Waals surface area (Å²) in [6, 6.07) is 10.1. The molecule has 2 aromatic rings. The molecule has 16 heavy (non-hydrogen) atoms. The van der Waals surface area contributed by atoms with Gasteiger partial charge in [-0.15, -0.1) is 11.6 Å². The van der Waals surface area contributed by atoms with E-state index in [1.807, 2.05) is 12.1 Å². The molecule has 0 saturated carbocycles. The van der Waals surface area contributed by atoms with Crippen LogP contribution in [0.4, 0.5) is 0 Å². The fourth-order valence-corrected chi connectivity index (χ4v) is 2.64. The van der Waals surface area contributed by atoms with E-state index in [0.717, 1.165) is 12.2 Å².